The van der Waals surface area contributed by atoms with Gasteiger partial charge in [-0.3, -0.25) is 0 Å². The lowest BCUT2D eigenvalue weighted by Crippen LogP contribution is -2.02. The Hall–Kier alpha value is -1.76. The first-order valence-electron chi connectivity index (χ1n) is 6.12. The lowest BCUT2D eigenvalue weighted by molar-refractivity contribution is 0.168. The highest BCUT2D eigenvalue weighted by Gasteiger charge is 2.11. The van der Waals surface area contributed by atoms with Crippen LogP contribution in [0.5, 0.6) is 0 Å². The summed E-state index contributed by atoms with van der Waals surface area (Å²) in [6.07, 6.45) is 3.49. The van der Waals surface area contributed by atoms with Gasteiger partial charge in [-0.2, -0.15) is 4.98 Å². The van der Waals surface area contributed by atoms with Crippen LogP contribution in [0.15, 0.2) is 10.7 Å². The van der Waals surface area contributed by atoms with Gasteiger partial charge in [0.05, 0.1) is 12.3 Å². The van der Waals surface area contributed by atoms with Gasteiger partial charge >= 0.3 is 0 Å². The Balaban J connectivity index is 2.01. The van der Waals surface area contributed by atoms with Crippen molar-refractivity contribution in [3.8, 4) is 0 Å². The van der Waals surface area contributed by atoms with Gasteiger partial charge in [-0.15, -0.1) is 5.10 Å². The molecule has 0 aliphatic heterocycles. The van der Waals surface area contributed by atoms with Crippen LogP contribution in [0.4, 0.5) is 0 Å². The zero-order chi connectivity index (χ0) is 13.0. The predicted molar refractivity (Wildman–Crippen MR) is 62.7 cm³/mol. The molecule has 0 spiro atoms. The van der Waals surface area contributed by atoms with Crippen molar-refractivity contribution in [1.82, 2.24) is 25.1 Å². The Labute approximate surface area is 105 Å². The largest absolute Gasteiger partial charge is 0.387 e. The second-order valence-electron chi connectivity index (χ2n) is 4.12. The summed E-state index contributed by atoms with van der Waals surface area (Å²) in [5, 5.41) is 21.3. The fraction of sp³-hybridized carbons (Fsp3) is 0.636. The highest BCUT2D eigenvalue weighted by atomic mass is 16.5. The Morgan fingerprint density at radius 2 is 2.28 bits per heavy atom. The summed E-state index contributed by atoms with van der Waals surface area (Å²) in [6.45, 7) is 4.34. The minimum atomic E-state index is -0.570. The first-order chi connectivity index (χ1) is 8.72. The Kier molecular flexibility index (Phi) is 4.03. The molecule has 1 atom stereocenters. The molecule has 18 heavy (non-hydrogen) atoms. The van der Waals surface area contributed by atoms with Crippen LogP contribution in [0.25, 0.3) is 0 Å². The molecule has 0 saturated carbocycles. The molecule has 7 heteroatoms. The predicted octanol–water partition coefficient (Wildman–Crippen LogP) is 1.11. The SMILES string of the molecule is CCCc1nc(Cn2cc(C(O)CC)nn2)no1. The standard InChI is InChI=1S/C11H17N5O2/c1-3-5-11-12-10(14-18-11)7-16-6-8(13-15-16)9(17)4-2/h6,9,17H,3-5,7H2,1-2H3. The van der Waals surface area contributed by atoms with E-state index in [9.17, 15) is 5.11 Å². The molecule has 1 N–H and O–H groups in total. The van der Waals surface area contributed by atoms with E-state index in [0.29, 0.717) is 30.4 Å². The second kappa shape index (κ2) is 5.72. The maximum absolute atomic E-state index is 9.62. The van der Waals surface area contributed by atoms with E-state index in [1.807, 2.05) is 6.92 Å². The lowest BCUT2D eigenvalue weighted by atomic mass is 10.2. The van der Waals surface area contributed by atoms with Crippen LogP contribution in [-0.4, -0.2) is 30.2 Å². The smallest absolute Gasteiger partial charge is 0.226 e. The first kappa shape index (κ1) is 12.7. The summed E-state index contributed by atoms with van der Waals surface area (Å²) in [5.41, 5.74) is 0.565. The monoisotopic (exact) mass is 251 g/mol. The fourth-order valence-corrected chi connectivity index (χ4v) is 1.57. The summed E-state index contributed by atoms with van der Waals surface area (Å²) in [4.78, 5) is 4.24. The van der Waals surface area contributed by atoms with E-state index in [0.717, 1.165) is 12.8 Å². The first-order valence-corrected chi connectivity index (χ1v) is 6.12. The van der Waals surface area contributed by atoms with Crippen molar-refractivity contribution in [3.63, 3.8) is 0 Å². The van der Waals surface area contributed by atoms with Gasteiger partial charge < -0.3 is 9.63 Å². The number of hydrogen-bond acceptors (Lipinski definition) is 6. The molecule has 98 valence electrons. The molecule has 2 aromatic rings. The minimum absolute atomic E-state index is 0.399. The third-order valence-electron chi connectivity index (χ3n) is 2.56. The summed E-state index contributed by atoms with van der Waals surface area (Å²) in [5.74, 6) is 1.21. The Morgan fingerprint density at radius 1 is 1.44 bits per heavy atom. The van der Waals surface area contributed by atoms with E-state index in [2.05, 4.69) is 27.4 Å². The van der Waals surface area contributed by atoms with Crippen LogP contribution >= 0.6 is 0 Å². The van der Waals surface area contributed by atoms with Crippen molar-refractivity contribution in [1.29, 1.82) is 0 Å². The number of aliphatic hydroxyl groups excluding tert-OH is 1. The van der Waals surface area contributed by atoms with Crippen LogP contribution < -0.4 is 0 Å². The molecule has 2 aromatic heterocycles. The number of aliphatic hydroxyl groups is 1. The third-order valence-corrected chi connectivity index (χ3v) is 2.56. The van der Waals surface area contributed by atoms with E-state index in [4.69, 9.17) is 4.52 Å². The normalized spacial score (nSPS) is 12.8. The topological polar surface area (TPSA) is 89.9 Å². The van der Waals surface area contributed by atoms with Gasteiger partial charge in [0.25, 0.3) is 0 Å². The molecule has 2 rings (SSSR count). The van der Waals surface area contributed by atoms with Crippen molar-refractivity contribution in [3.05, 3.63) is 23.6 Å². The van der Waals surface area contributed by atoms with Crippen LogP contribution in [0.2, 0.25) is 0 Å². The van der Waals surface area contributed by atoms with E-state index in [1.165, 1.54) is 0 Å². The molecule has 0 aliphatic carbocycles. The van der Waals surface area contributed by atoms with E-state index < -0.39 is 6.10 Å². The molecule has 2 heterocycles. The van der Waals surface area contributed by atoms with Crippen molar-refractivity contribution in [2.75, 3.05) is 0 Å². The Bertz CT molecular complexity index is 493. The molecule has 7 nitrogen and oxygen atoms in total. The number of aromatic nitrogens is 5. The molecule has 1 unspecified atom stereocenters. The van der Waals surface area contributed by atoms with Gasteiger partial charge in [0.2, 0.25) is 5.89 Å². The Morgan fingerprint density at radius 3 is 3.00 bits per heavy atom. The fourth-order valence-electron chi connectivity index (χ4n) is 1.57. The van der Waals surface area contributed by atoms with Gasteiger partial charge in [-0.1, -0.05) is 24.2 Å². The number of rotatable bonds is 6. The number of nitrogens with zero attached hydrogens (tertiary/aromatic N) is 5. The molecule has 0 radical (unpaired) electrons. The lowest BCUT2D eigenvalue weighted by Gasteiger charge is -2.00. The average Bonchev–Trinajstić information content (AvgIpc) is 2.99. The average molecular weight is 251 g/mol. The van der Waals surface area contributed by atoms with Gasteiger partial charge in [-0.25, -0.2) is 4.68 Å². The molecular weight excluding hydrogens is 234 g/mol. The number of aryl methyl sites for hydroxylation is 1. The van der Waals surface area contributed by atoms with Crippen LogP contribution in [0.3, 0.4) is 0 Å². The third kappa shape index (κ3) is 2.92. The molecule has 0 bridgehead atoms. The zero-order valence-electron chi connectivity index (χ0n) is 10.6. The summed E-state index contributed by atoms with van der Waals surface area (Å²) < 4.78 is 6.67. The maximum atomic E-state index is 9.62. The summed E-state index contributed by atoms with van der Waals surface area (Å²) in [7, 11) is 0. The molecule has 0 aromatic carbocycles. The van der Waals surface area contributed by atoms with Crippen molar-refractivity contribution < 1.29 is 9.63 Å². The number of hydrogen-bond donors (Lipinski definition) is 1. The van der Waals surface area contributed by atoms with E-state index in [1.54, 1.807) is 10.9 Å². The van der Waals surface area contributed by atoms with Gasteiger partial charge in [-0.05, 0) is 12.8 Å². The van der Waals surface area contributed by atoms with Gasteiger partial charge in [0.1, 0.15) is 12.2 Å². The quantitative estimate of drug-likeness (QED) is 0.827. The van der Waals surface area contributed by atoms with Crippen LogP contribution in [0.1, 0.15) is 50.2 Å². The van der Waals surface area contributed by atoms with Gasteiger partial charge in [0.15, 0.2) is 5.82 Å². The van der Waals surface area contributed by atoms with Crippen molar-refractivity contribution >= 4 is 0 Å². The molecule has 0 aliphatic rings. The van der Waals surface area contributed by atoms with Crippen LogP contribution in [-0.2, 0) is 13.0 Å². The van der Waals surface area contributed by atoms with E-state index in [-0.39, 0.29) is 0 Å². The van der Waals surface area contributed by atoms with Crippen LogP contribution in [0, 0.1) is 0 Å². The van der Waals surface area contributed by atoms with Gasteiger partial charge in [0, 0.05) is 6.42 Å². The molecule has 0 saturated heterocycles. The highest BCUT2D eigenvalue weighted by Crippen LogP contribution is 2.12. The second-order valence-corrected chi connectivity index (χ2v) is 4.12. The van der Waals surface area contributed by atoms with Crippen molar-refractivity contribution in [2.45, 2.75) is 45.8 Å². The van der Waals surface area contributed by atoms with Crippen molar-refractivity contribution in [2.24, 2.45) is 0 Å². The summed E-state index contributed by atoms with van der Waals surface area (Å²) >= 11 is 0. The zero-order valence-corrected chi connectivity index (χ0v) is 10.6. The maximum Gasteiger partial charge on any atom is 0.226 e. The minimum Gasteiger partial charge on any atom is -0.387 e. The summed E-state index contributed by atoms with van der Waals surface area (Å²) in [6, 6.07) is 0. The molecule has 0 amide bonds. The highest BCUT2D eigenvalue weighted by molar-refractivity contribution is 4.98. The molecular formula is C11H17N5O2. The van der Waals surface area contributed by atoms with E-state index >= 15 is 0 Å². The molecule has 0 fully saturated rings.